The fourth-order valence-corrected chi connectivity index (χ4v) is 4.80. The molecule has 38 heavy (non-hydrogen) atoms. The minimum atomic E-state index is -0.223. The molecule has 8 heteroatoms. The van der Waals surface area contributed by atoms with Crippen LogP contribution in [0.15, 0.2) is 66.7 Å². The molecule has 1 aliphatic heterocycles. The van der Waals surface area contributed by atoms with Gasteiger partial charge in [0.15, 0.2) is 11.5 Å². The Balaban J connectivity index is 1.28. The van der Waals surface area contributed by atoms with Gasteiger partial charge in [0.25, 0.3) is 5.91 Å². The van der Waals surface area contributed by atoms with Crippen molar-refractivity contribution in [1.29, 1.82) is 0 Å². The molecule has 0 aliphatic carbocycles. The number of carbonyl (C=O) groups excluding carboxylic acids is 2. The normalized spacial score (nSPS) is 14.1. The summed E-state index contributed by atoms with van der Waals surface area (Å²) in [6.45, 7) is 2.98. The van der Waals surface area contributed by atoms with Crippen molar-refractivity contribution in [2.24, 2.45) is 5.92 Å². The molecule has 0 bridgehead atoms. The highest BCUT2D eigenvalue weighted by Crippen LogP contribution is 2.28. The zero-order valence-corrected chi connectivity index (χ0v) is 22.6. The molecule has 0 aromatic heterocycles. The standard InChI is InChI=1S/C30H34ClN3O4/c1-37-27-12-9-21(19-28(27)38-2)13-16-32-30(36)25-5-3-4-6-26(25)33-29(35)23-14-17-34(18-15-23)20-22-7-10-24(31)11-8-22/h3-12,19,23H,13-18,20H2,1-2H3,(H,32,36)(H,33,35). The van der Waals surface area contributed by atoms with Gasteiger partial charge >= 0.3 is 0 Å². The van der Waals surface area contributed by atoms with Gasteiger partial charge in [-0.3, -0.25) is 14.5 Å². The second-order valence-electron chi connectivity index (χ2n) is 9.41. The van der Waals surface area contributed by atoms with Crippen LogP contribution in [0.5, 0.6) is 11.5 Å². The number of para-hydroxylation sites is 1. The average Bonchev–Trinajstić information content (AvgIpc) is 2.94. The number of hydrogen-bond acceptors (Lipinski definition) is 5. The van der Waals surface area contributed by atoms with Crippen molar-refractivity contribution in [3.63, 3.8) is 0 Å². The van der Waals surface area contributed by atoms with Crippen molar-refractivity contribution in [2.45, 2.75) is 25.8 Å². The van der Waals surface area contributed by atoms with Gasteiger partial charge in [0, 0.05) is 24.0 Å². The van der Waals surface area contributed by atoms with E-state index in [0.717, 1.165) is 43.1 Å². The molecule has 0 saturated carbocycles. The van der Waals surface area contributed by atoms with Gasteiger partial charge in [0.1, 0.15) is 0 Å². The first-order valence-corrected chi connectivity index (χ1v) is 13.2. The Morgan fingerprint density at radius 3 is 2.32 bits per heavy atom. The number of anilines is 1. The molecule has 0 spiro atoms. The van der Waals surface area contributed by atoms with Crippen LogP contribution < -0.4 is 20.1 Å². The lowest BCUT2D eigenvalue weighted by Gasteiger charge is -2.31. The van der Waals surface area contributed by atoms with Crippen LogP contribution >= 0.6 is 11.6 Å². The van der Waals surface area contributed by atoms with Gasteiger partial charge < -0.3 is 20.1 Å². The summed E-state index contributed by atoms with van der Waals surface area (Å²) in [5, 5.41) is 6.70. The largest absolute Gasteiger partial charge is 0.493 e. The summed E-state index contributed by atoms with van der Waals surface area (Å²) in [5.41, 5.74) is 3.22. The predicted octanol–water partition coefficient (Wildman–Crippen LogP) is 5.18. The highest BCUT2D eigenvalue weighted by atomic mass is 35.5. The Morgan fingerprint density at radius 1 is 0.921 bits per heavy atom. The molecule has 2 N–H and O–H groups in total. The first kappa shape index (κ1) is 27.5. The topological polar surface area (TPSA) is 79.9 Å². The second-order valence-corrected chi connectivity index (χ2v) is 9.84. The smallest absolute Gasteiger partial charge is 0.253 e. The number of ether oxygens (including phenoxy) is 2. The SMILES string of the molecule is COc1ccc(CCNC(=O)c2ccccc2NC(=O)C2CCN(Cc3ccc(Cl)cc3)CC2)cc1OC. The molecule has 0 atom stereocenters. The van der Waals surface area contributed by atoms with E-state index >= 15 is 0 Å². The molecular weight excluding hydrogens is 502 g/mol. The quantitative estimate of drug-likeness (QED) is 0.374. The third-order valence-corrected chi connectivity index (χ3v) is 7.11. The summed E-state index contributed by atoms with van der Waals surface area (Å²) in [6, 6.07) is 20.7. The first-order valence-electron chi connectivity index (χ1n) is 12.8. The summed E-state index contributed by atoms with van der Waals surface area (Å²) in [6.07, 6.45) is 2.19. The third-order valence-electron chi connectivity index (χ3n) is 6.85. The van der Waals surface area contributed by atoms with E-state index in [2.05, 4.69) is 15.5 Å². The Hall–Kier alpha value is -3.55. The van der Waals surface area contributed by atoms with Crippen LogP contribution in [0.2, 0.25) is 5.02 Å². The lowest BCUT2D eigenvalue weighted by atomic mass is 9.95. The number of carbonyl (C=O) groups is 2. The van der Waals surface area contributed by atoms with Gasteiger partial charge in [-0.25, -0.2) is 0 Å². The molecule has 0 radical (unpaired) electrons. The van der Waals surface area contributed by atoms with Crippen LogP contribution in [0.3, 0.4) is 0 Å². The van der Waals surface area contributed by atoms with E-state index < -0.39 is 0 Å². The molecule has 1 fully saturated rings. The molecule has 3 aromatic rings. The monoisotopic (exact) mass is 535 g/mol. The summed E-state index contributed by atoms with van der Waals surface area (Å²) in [7, 11) is 3.19. The van der Waals surface area contributed by atoms with Crippen LogP contribution in [0, 0.1) is 5.92 Å². The number of nitrogens with one attached hydrogen (secondary N) is 2. The van der Waals surface area contributed by atoms with Crippen molar-refractivity contribution in [3.8, 4) is 11.5 Å². The molecule has 1 heterocycles. The zero-order chi connectivity index (χ0) is 26.9. The van der Waals surface area contributed by atoms with E-state index in [1.165, 1.54) is 5.56 Å². The van der Waals surface area contributed by atoms with Crippen molar-refractivity contribution in [1.82, 2.24) is 10.2 Å². The van der Waals surface area contributed by atoms with Gasteiger partial charge in [0.05, 0.1) is 25.5 Å². The van der Waals surface area contributed by atoms with Gasteiger partial charge in [-0.05, 0) is 79.9 Å². The van der Waals surface area contributed by atoms with E-state index in [1.54, 1.807) is 32.4 Å². The van der Waals surface area contributed by atoms with Crippen molar-refractivity contribution < 1.29 is 19.1 Å². The fraction of sp³-hybridized carbons (Fsp3) is 0.333. The maximum absolute atomic E-state index is 13.1. The Labute approximate surface area is 229 Å². The number of nitrogens with zero attached hydrogens (tertiary/aromatic N) is 1. The first-order chi connectivity index (χ1) is 18.5. The number of benzene rings is 3. The van der Waals surface area contributed by atoms with Gasteiger partial charge in [0.2, 0.25) is 5.91 Å². The van der Waals surface area contributed by atoms with E-state index in [1.807, 2.05) is 48.5 Å². The van der Waals surface area contributed by atoms with Crippen molar-refractivity contribution in [2.75, 3.05) is 39.2 Å². The maximum Gasteiger partial charge on any atom is 0.253 e. The Morgan fingerprint density at radius 2 is 1.61 bits per heavy atom. The van der Waals surface area contributed by atoms with Gasteiger partial charge in [-0.15, -0.1) is 0 Å². The molecule has 3 aromatic carbocycles. The van der Waals surface area contributed by atoms with Crippen molar-refractivity contribution >= 4 is 29.1 Å². The summed E-state index contributed by atoms with van der Waals surface area (Å²) in [5.74, 6) is 0.968. The van der Waals surface area contributed by atoms with E-state index in [0.29, 0.717) is 35.7 Å². The Bertz CT molecular complexity index is 1240. The van der Waals surface area contributed by atoms with Crippen LogP contribution in [-0.2, 0) is 17.8 Å². The van der Waals surface area contributed by atoms with Gasteiger partial charge in [-0.2, -0.15) is 0 Å². The van der Waals surface area contributed by atoms with Gasteiger partial charge in [-0.1, -0.05) is 41.9 Å². The summed E-state index contributed by atoms with van der Waals surface area (Å²) in [4.78, 5) is 28.4. The second kappa shape index (κ2) is 13.3. The summed E-state index contributed by atoms with van der Waals surface area (Å²) < 4.78 is 10.6. The molecule has 1 aliphatic rings. The number of rotatable bonds is 10. The number of hydrogen-bond donors (Lipinski definition) is 2. The number of halogens is 1. The minimum Gasteiger partial charge on any atom is -0.493 e. The Kier molecular flexibility index (Phi) is 9.62. The van der Waals surface area contributed by atoms with Crippen LogP contribution in [0.25, 0.3) is 0 Å². The molecule has 0 unspecified atom stereocenters. The van der Waals surface area contributed by atoms with Crippen LogP contribution in [0.4, 0.5) is 5.69 Å². The molecule has 4 rings (SSSR count). The molecule has 1 saturated heterocycles. The lowest BCUT2D eigenvalue weighted by molar-refractivity contribution is -0.121. The molecular formula is C30H34ClN3O4. The number of amides is 2. The number of likely N-dealkylation sites (tertiary alicyclic amines) is 1. The number of methoxy groups -OCH3 is 2. The molecule has 2 amide bonds. The van der Waals surface area contributed by atoms with Crippen LogP contribution in [-0.4, -0.2) is 50.6 Å². The zero-order valence-electron chi connectivity index (χ0n) is 21.8. The van der Waals surface area contributed by atoms with Crippen LogP contribution in [0.1, 0.15) is 34.3 Å². The maximum atomic E-state index is 13.1. The van der Waals surface area contributed by atoms with E-state index in [-0.39, 0.29) is 17.7 Å². The van der Waals surface area contributed by atoms with E-state index in [4.69, 9.17) is 21.1 Å². The third kappa shape index (κ3) is 7.27. The van der Waals surface area contributed by atoms with Crippen molar-refractivity contribution in [3.05, 3.63) is 88.4 Å². The highest BCUT2D eigenvalue weighted by molar-refractivity contribution is 6.30. The fourth-order valence-electron chi connectivity index (χ4n) is 4.68. The predicted molar refractivity (Wildman–Crippen MR) is 150 cm³/mol. The van der Waals surface area contributed by atoms with E-state index in [9.17, 15) is 9.59 Å². The molecule has 200 valence electrons. The summed E-state index contributed by atoms with van der Waals surface area (Å²) >= 11 is 5.98. The average molecular weight is 536 g/mol. The molecule has 7 nitrogen and oxygen atoms in total. The number of piperidine rings is 1. The highest BCUT2D eigenvalue weighted by Gasteiger charge is 2.26. The minimum absolute atomic E-state index is 0.0401. The lowest BCUT2D eigenvalue weighted by Crippen LogP contribution is -2.38.